The summed E-state index contributed by atoms with van der Waals surface area (Å²) >= 11 is 0. The Hall–Kier alpha value is -2.60. The summed E-state index contributed by atoms with van der Waals surface area (Å²) in [7, 11) is 4.83. The van der Waals surface area contributed by atoms with Gasteiger partial charge in [-0.3, -0.25) is 4.90 Å². The summed E-state index contributed by atoms with van der Waals surface area (Å²) in [4.78, 5) is 2.40. The quantitative estimate of drug-likeness (QED) is 0.443. The third-order valence-electron chi connectivity index (χ3n) is 7.51. The molecule has 2 aromatic rings. The Balaban J connectivity index is 1.47. The van der Waals surface area contributed by atoms with Crippen LogP contribution in [0.4, 0.5) is 0 Å². The lowest BCUT2D eigenvalue weighted by Gasteiger charge is -2.42. The molecule has 10 heteroatoms. The maximum Gasteiger partial charge on any atom is 0.229 e. The summed E-state index contributed by atoms with van der Waals surface area (Å²) in [5, 5.41) is 40.2. The zero-order valence-corrected chi connectivity index (χ0v) is 20.6. The van der Waals surface area contributed by atoms with E-state index in [-0.39, 0.29) is 6.04 Å². The van der Waals surface area contributed by atoms with Gasteiger partial charge in [0, 0.05) is 24.7 Å². The highest BCUT2D eigenvalue weighted by Gasteiger charge is 2.45. The minimum absolute atomic E-state index is 0.0995. The molecular weight excluding hydrogens is 470 g/mol. The first kappa shape index (κ1) is 25.1. The molecule has 196 valence electrons. The topological polar surface area (TPSA) is 130 Å². The summed E-state index contributed by atoms with van der Waals surface area (Å²) in [5.41, 5.74) is 4.55. The van der Waals surface area contributed by atoms with Crippen molar-refractivity contribution in [1.82, 2.24) is 4.90 Å². The predicted octanol–water partition coefficient (Wildman–Crippen LogP) is 0.547. The maximum absolute atomic E-state index is 10.5. The number of rotatable bonds is 6. The molecule has 3 heterocycles. The average Bonchev–Trinajstić information content (AvgIpc) is 2.91. The van der Waals surface area contributed by atoms with E-state index < -0.39 is 37.3 Å². The summed E-state index contributed by atoms with van der Waals surface area (Å²) in [6.07, 6.45) is -5.25. The van der Waals surface area contributed by atoms with Gasteiger partial charge in [-0.25, -0.2) is 0 Å². The Kier molecular flexibility index (Phi) is 6.99. The third-order valence-corrected chi connectivity index (χ3v) is 7.51. The standard InChI is InChI=1S/C26H33NO9/c1-32-18-5-4-13-8-17-15-10-20(35-26-24(31)23(30)22(29)21(12-28)36-26)19(33-2)9-14(15)6-7-27(17)11-16(13)25(18)34-3/h4-5,9-10,17,21-24,26,28-31H,6-8,11-12H2,1-3H3/t17-,21?,22?,23?,24?,26?/m0/s1. The van der Waals surface area contributed by atoms with E-state index in [1.54, 1.807) is 14.2 Å². The fourth-order valence-electron chi connectivity index (χ4n) is 5.54. The second-order valence-corrected chi connectivity index (χ2v) is 9.40. The van der Waals surface area contributed by atoms with Crippen molar-refractivity contribution in [2.24, 2.45) is 0 Å². The maximum atomic E-state index is 10.5. The zero-order valence-electron chi connectivity index (χ0n) is 20.6. The third kappa shape index (κ3) is 4.17. The Morgan fingerprint density at radius 2 is 1.69 bits per heavy atom. The molecule has 0 aromatic heterocycles. The lowest BCUT2D eigenvalue weighted by atomic mass is 9.83. The summed E-state index contributed by atoms with van der Waals surface area (Å²) in [6, 6.07) is 7.95. The molecule has 0 bridgehead atoms. The lowest BCUT2D eigenvalue weighted by molar-refractivity contribution is -0.277. The Bertz CT molecular complexity index is 1110. The van der Waals surface area contributed by atoms with E-state index >= 15 is 0 Å². The molecule has 4 N–H and O–H groups in total. The fraction of sp³-hybridized carbons (Fsp3) is 0.538. The molecule has 3 aliphatic heterocycles. The van der Waals surface area contributed by atoms with E-state index in [4.69, 9.17) is 23.7 Å². The Morgan fingerprint density at radius 1 is 0.917 bits per heavy atom. The zero-order chi connectivity index (χ0) is 25.6. The SMILES string of the molecule is COc1cc2c(cc1OC1OC(CO)C(O)C(O)C1O)[C@@H]1Cc3ccc(OC)c(OC)c3CN1CC2. The number of aliphatic hydroxyl groups excluding tert-OH is 4. The number of nitrogens with zero attached hydrogens (tertiary/aromatic N) is 1. The average molecular weight is 504 g/mol. The highest BCUT2D eigenvalue weighted by molar-refractivity contribution is 5.54. The van der Waals surface area contributed by atoms with E-state index in [2.05, 4.69) is 11.0 Å². The van der Waals surface area contributed by atoms with Gasteiger partial charge in [0.15, 0.2) is 23.0 Å². The fourth-order valence-corrected chi connectivity index (χ4v) is 5.54. The van der Waals surface area contributed by atoms with Gasteiger partial charge in [-0.1, -0.05) is 6.07 Å². The van der Waals surface area contributed by atoms with Crippen LogP contribution in [0, 0.1) is 0 Å². The van der Waals surface area contributed by atoms with Crippen LogP contribution < -0.4 is 18.9 Å². The monoisotopic (exact) mass is 503 g/mol. The van der Waals surface area contributed by atoms with Crippen LogP contribution in [0.1, 0.15) is 28.3 Å². The minimum atomic E-state index is -1.53. The number of aliphatic hydroxyl groups is 4. The largest absolute Gasteiger partial charge is 0.493 e. The van der Waals surface area contributed by atoms with Crippen molar-refractivity contribution in [3.63, 3.8) is 0 Å². The molecule has 0 amide bonds. The smallest absolute Gasteiger partial charge is 0.229 e. The van der Waals surface area contributed by atoms with Crippen LogP contribution in [0.15, 0.2) is 24.3 Å². The first-order valence-electron chi connectivity index (χ1n) is 12.0. The number of hydrogen-bond donors (Lipinski definition) is 4. The van der Waals surface area contributed by atoms with Crippen molar-refractivity contribution >= 4 is 0 Å². The van der Waals surface area contributed by atoms with Crippen molar-refractivity contribution in [1.29, 1.82) is 0 Å². The van der Waals surface area contributed by atoms with Gasteiger partial charge in [0.2, 0.25) is 6.29 Å². The molecule has 0 aliphatic carbocycles. The normalized spacial score (nSPS) is 29.5. The van der Waals surface area contributed by atoms with Crippen LogP contribution in [0.5, 0.6) is 23.0 Å². The van der Waals surface area contributed by atoms with E-state index in [0.717, 1.165) is 48.4 Å². The van der Waals surface area contributed by atoms with E-state index in [9.17, 15) is 20.4 Å². The molecule has 5 rings (SSSR count). The van der Waals surface area contributed by atoms with E-state index in [1.165, 1.54) is 12.7 Å². The molecule has 6 atom stereocenters. The number of fused-ring (bicyclic) bond motifs is 4. The summed E-state index contributed by atoms with van der Waals surface area (Å²) in [6.45, 7) is 1.05. The molecular formula is C26H33NO9. The second-order valence-electron chi connectivity index (χ2n) is 9.40. The van der Waals surface area contributed by atoms with E-state index in [1.807, 2.05) is 18.2 Å². The first-order chi connectivity index (χ1) is 17.4. The van der Waals surface area contributed by atoms with Crippen molar-refractivity contribution < 1.29 is 44.1 Å². The molecule has 36 heavy (non-hydrogen) atoms. The van der Waals surface area contributed by atoms with Gasteiger partial charge in [-0.05, 0) is 47.7 Å². The van der Waals surface area contributed by atoms with Crippen molar-refractivity contribution in [2.75, 3.05) is 34.5 Å². The van der Waals surface area contributed by atoms with Crippen LogP contribution in [-0.2, 0) is 24.1 Å². The van der Waals surface area contributed by atoms with Crippen LogP contribution in [0.3, 0.4) is 0 Å². The van der Waals surface area contributed by atoms with Crippen LogP contribution in [0.2, 0.25) is 0 Å². The molecule has 1 fully saturated rings. The van der Waals surface area contributed by atoms with Gasteiger partial charge in [0.25, 0.3) is 0 Å². The molecule has 0 saturated carbocycles. The second kappa shape index (κ2) is 10.0. The molecule has 0 radical (unpaired) electrons. The van der Waals surface area contributed by atoms with Crippen molar-refractivity contribution in [2.45, 2.75) is 56.1 Å². The Morgan fingerprint density at radius 3 is 2.39 bits per heavy atom. The van der Waals surface area contributed by atoms with E-state index in [0.29, 0.717) is 17.2 Å². The molecule has 1 saturated heterocycles. The van der Waals surface area contributed by atoms with Crippen LogP contribution in [-0.4, -0.2) is 90.5 Å². The molecule has 3 aliphatic rings. The first-order valence-corrected chi connectivity index (χ1v) is 12.0. The van der Waals surface area contributed by atoms with Gasteiger partial charge in [0.1, 0.15) is 24.4 Å². The van der Waals surface area contributed by atoms with Gasteiger partial charge in [0.05, 0.1) is 27.9 Å². The summed E-state index contributed by atoms with van der Waals surface area (Å²) < 4.78 is 28.3. The van der Waals surface area contributed by atoms with Gasteiger partial charge >= 0.3 is 0 Å². The molecule has 2 aromatic carbocycles. The van der Waals surface area contributed by atoms with Crippen LogP contribution >= 0.6 is 0 Å². The van der Waals surface area contributed by atoms with Crippen molar-refractivity contribution in [3.8, 4) is 23.0 Å². The van der Waals surface area contributed by atoms with Crippen molar-refractivity contribution in [3.05, 3.63) is 46.5 Å². The number of hydrogen-bond acceptors (Lipinski definition) is 10. The Labute approximate surface area is 209 Å². The number of ether oxygens (including phenoxy) is 5. The van der Waals surface area contributed by atoms with Gasteiger partial charge in [-0.15, -0.1) is 0 Å². The minimum Gasteiger partial charge on any atom is -0.493 e. The lowest BCUT2D eigenvalue weighted by Crippen LogP contribution is -2.60. The molecule has 0 spiro atoms. The van der Waals surface area contributed by atoms with Crippen LogP contribution in [0.25, 0.3) is 0 Å². The van der Waals surface area contributed by atoms with Gasteiger partial charge < -0.3 is 44.1 Å². The highest BCUT2D eigenvalue weighted by Crippen LogP contribution is 2.46. The highest BCUT2D eigenvalue weighted by atomic mass is 16.7. The van der Waals surface area contributed by atoms with Gasteiger partial charge in [-0.2, -0.15) is 0 Å². The molecule has 5 unspecified atom stereocenters. The summed E-state index contributed by atoms with van der Waals surface area (Å²) in [5.74, 6) is 2.30. The number of benzene rings is 2. The predicted molar refractivity (Wildman–Crippen MR) is 127 cm³/mol. The number of methoxy groups -OCH3 is 3. The molecule has 10 nitrogen and oxygen atoms in total.